The number of benzene rings is 4. The molecule has 5 aliphatic rings. The molecule has 2 heterocycles. The van der Waals surface area contributed by atoms with Gasteiger partial charge in [-0.25, -0.2) is 0 Å². The molecule has 0 amide bonds. The van der Waals surface area contributed by atoms with Crippen molar-refractivity contribution in [2.24, 2.45) is 46.8 Å². The number of nitrogens with zero attached hydrogens (tertiary/aromatic N) is 1. The lowest BCUT2D eigenvalue weighted by atomic mass is 9.77. The van der Waals surface area contributed by atoms with Gasteiger partial charge in [0.2, 0.25) is 6.79 Å². The normalized spacial score (nSPS) is 14.3. The van der Waals surface area contributed by atoms with Crippen LogP contribution in [0.4, 0.5) is 0 Å². The summed E-state index contributed by atoms with van der Waals surface area (Å²) in [6.07, 6.45) is 17.7. The Balaban J connectivity index is -0.000000161. The van der Waals surface area contributed by atoms with Crippen LogP contribution in [-0.2, 0) is 12.8 Å². The van der Waals surface area contributed by atoms with Crippen molar-refractivity contribution in [1.29, 1.82) is 0 Å². The zero-order valence-corrected chi connectivity index (χ0v) is 62.5. The van der Waals surface area contributed by atoms with E-state index in [1.165, 1.54) is 69.8 Å². The molecule has 2 saturated carbocycles. The Bertz CT molecular complexity index is 1980. The Morgan fingerprint density at radius 2 is 0.698 bits per heavy atom. The van der Waals surface area contributed by atoms with E-state index in [-0.39, 0.29) is 7.43 Å². The molecule has 2 unspecified atom stereocenters. The van der Waals surface area contributed by atoms with Crippen LogP contribution >= 0.6 is 0 Å². The van der Waals surface area contributed by atoms with Crippen molar-refractivity contribution >= 4 is 0 Å². The summed E-state index contributed by atoms with van der Waals surface area (Å²) in [5, 5.41) is 0. The molecular weight excluding hydrogens is 1040 g/mol. The quantitative estimate of drug-likeness (QED) is 0.176. The molecule has 4 aromatic carbocycles. The van der Waals surface area contributed by atoms with E-state index in [2.05, 4.69) is 195 Å². The van der Waals surface area contributed by atoms with E-state index >= 15 is 0 Å². The highest BCUT2D eigenvalue weighted by Gasteiger charge is 2.25. The van der Waals surface area contributed by atoms with Gasteiger partial charge < -0.3 is 9.47 Å². The third-order valence-electron chi connectivity index (χ3n) is 13.2. The second-order valence-electron chi connectivity index (χ2n) is 24.2. The van der Waals surface area contributed by atoms with Crippen molar-refractivity contribution in [1.82, 2.24) is 4.98 Å². The second kappa shape index (κ2) is 65.1. The molecule has 3 heteroatoms. The van der Waals surface area contributed by atoms with Gasteiger partial charge in [-0.1, -0.05) is 338 Å². The Hall–Kier alpha value is -4.37. The van der Waals surface area contributed by atoms with Crippen LogP contribution in [0.15, 0.2) is 134 Å². The van der Waals surface area contributed by atoms with Crippen LogP contribution in [0.2, 0.25) is 0 Å². The van der Waals surface area contributed by atoms with Gasteiger partial charge in [0.25, 0.3) is 0 Å². The summed E-state index contributed by atoms with van der Waals surface area (Å²) in [5.41, 5.74) is 8.30. The van der Waals surface area contributed by atoms with Gasteiger partial charge in [0.05, 0.1) is 0 Å². The first-order chi connectivity index (χ1) is 40.7. The van der Waals surface area contributed by atoms with E-state index in [1.54, 1.807) is 34.6 Å². The maximum atomic E-state index is 5.08. The average Bonchev–Trinajstić information content (AvgIpc) is 3.53. The Labute approximate surface area is 542 Å². The number of hydrogen-bond acceptors (Lipinski definition) is 3. The minimum Gasteiger partial charge on any atom is -0.454 e. The van der Waals surface area contributed by atoms with Crippen LogP contribution in [0.5, 0.6) is 11.5 Å². The summed E-state index contributed by atoms with van der Waals surface area (Å²) in [6.45, 7) is 66.6. The molecule has 86 heavy (non-hydrogen) atoms. The molecule has 1 aliphatic heterocycles. The largest absolute Gasteiger partial charge is 0.454 e. The number of aryl methyl sites for hydroxylation is 2. The van der Waals surface area contributed by atoms with Gasteiger partial charge in [0.15, 0.2) is 11.5 Å². The van der Waals surface area contributed by atoms with Crippen LogP contribution in [0.3, 0.4) is 0 Å². The van der Waals surface area contributed by atoms with E-state index in [1.807, 2.05) is 145 Å². The summed E-state index contributed by atoms with van der Waals surface area (Å²) in [7, 11) is 0. The zero-order valence-electron chi connectivity index (χ0n) is 62.5. The monoisotopic (exact) mass is 1190 g/mol. The predicted octanol–water partition coefficient (Wildman–Crippen LogP) is 28.5. The summed E-state index contributed by atoms with van der Waals surface area (Å²) < 4.78 is 10.2. The van der Waals surface area contributed by atoms with Crippen LogP contribution in [0.1, 0.15) is 319 Å². The molecule has 1 aromatic heterocycles. The molecule has 2 atom stereocenters. The van der Waals surface area contributed by atoms with E-state index in [4.69, 9.17) is 9.47 Å². The van der Waals surface area contributed by atoms with Gasteiger partial charge in [0.1, 0.15) is 0 Å². The Morgan fingerprint density at radius 1 is 0.372 bits per heavy atom. The lowest BCUT2D eigenvalue weighted by molar-refractivity contribution is 0.174. The Morgan fingerprint density at radius 3 is 0.965 bits per heavy atom. The summed E-state index contributed by atoms with van der Waals surface area (Å²) >= 11 is 0. The van der Waals surface area contributed by atoms with Gasteiger partial charge in [-0.3, -0.25) is 4.98 Å². The van der Waals surface area contributed by atoms with Crippen molar-refractivity contribution < 1.29 is 9.47 Å². The zero-order chi connectivity index (χ0) is 66.8. The first-order valence-electron chi connectivity index (χ1n) is 35.1. The topological polar surface area (TPSA) is 31.4 Å². The fourth-order valence-electron chi connectivity index (χ4n) is 8.63. The smallest absolute Gasteiger partial charge is 0.231 e. The van der Waals surface area contributed by atoms with Crippen LogP contribution in [0.25, 0.3) is 0 Å². The number of pyridine rings is 1. The highest BCUT2D eigenvalue weighted by atomic mass is 16.7. The van der Waals surface area contributed by atoms with Gasteiger partial charge in [0, 0.05) is 12.4 Å². The van der Waals surface area contributed by atoms with Crippen molar-refractivity contribution in [3.63, 3.8) is 0 Å². The van der Waals surface area contributed by atoms with Gasteiger partial charge in [-0.05, 0) is 162 Å². The number of hydrogen-bond donors (Lipinski definition) is 0. The van der Waals surface area contributed by atoms with Crippen molar-refractivity contribution in [2.45, 2.75) is 304 Å². The highest BCUT2D eigenvalue weighted by molar-refractivity contribution is 5.41. The average molecular weight is 1200 g/mol. The standard InChI is InChI=1S/C13H18.C12H16.C9H12.C7H6O2.C7H14.C6H12.C5H5N.C5H12.C4H10.7C2H6.CH4/c1-10(2)12-9-5-7-11-6-3-4-8-13(11)12;1-9(2)11-8-7-10-5-3-4-6-12(10)11;1-8(2)9-6-4-3-5-7-9;1-2-4-7-6(3-1)8-5-9-7;1-6(2)7-4-3-5-7;1-5(2)6-3-4-6;1-2-4-6-5-3-1;1-5(2,3)4;1-4(2)3;7*1-2;/h3-4,6,8,10,12H,5,7,9H2,1-2H3;3-6,9,11H,7-8H2,1-2H3;3-8H,1-2H3;1-4H,5H2;6-7H,3-5H2,1-2H3;5-6H,3-4H2,1-2H3;1-5H;1-4H3;4H,1-3H3;7*1-2H3;1H4. The fourth-order valence-corrected chi connectivity index (χ4v) is 8.63. The van der Waals surface area contributed by atoms with Crippen molar-refractivity contribution in [2.75, 3.05) is 6.79 Å². The van der Waals surface area contributed by atoms with E-state index in [0.717, 1.165) is 64.8 Å². The molecule has 0 bridgehead atoms. The third kappa shape index (κ3) is 52.7. The first kappa shape index (κ1) is 95.3. The molecule has 10 rings (SSSR count). The molecule has 500 valence electrons. The van der Waals surface area contributed by atoms with E-state index in [0.29, 0.717) is 18.1 Å². The SMILES string of the molecule is C.CC.CC.CC.CC.CC.CC.CC.CC(C)(C)C.CC(C)C.CC(C)C1CC1.CC(C)C1CCC1.CC(C)C1CCCc2ccccc21.CC(C)C1CCc2ccccc21.CC(C)c1ccccc1.c1ccc2c(c1)OCO2.c1ccncc1. The number of para-hydroxylation sites is 2. The van der Waals surface area contributed by atoms with Crippen LogP contribution < -0.4 is 9.47 Å². The molecule has 0 spiro atoms. The molecule has 5 aromatic rings. The lowest BCUT2D eigenvalue weighted by Gasteiger charge is -2.28. The van der Waals surface area contributed by atoms with Gasteiger partial charge in [-0.15, -0.1) is 0 Å². The molecule has 4 aliphatic carbocycles. The van der Waals surface area contributed by atoms with Gasteiger partial charge in [-0.2, -0.15) is 0 Å². The molecule has 3 nitrogen and oxygen atoms in total. The van der Waals surface area contributed by atoms with Gasteiger partial charge >= 0.3 is 0 Å². The minimum absolute atomic E-state index is 0. The van der Waals surface area contributed by atoms with Crippen LogP contribution in [-0.4, -0.2) is 11.8 Å². The maximum absolute atomic E-state index is 5.08. The number of aromatic nitrogens is 1. The Kier molecular flexibility index (Phi) is 72.1. The third-order valence-corrected chi connectivity index (χ3v) is 13.2. The number of rotatable bonds is 5. The summed E-state index contributed by atoms with van der Waals surface area (Å²) in [5.74, 6) is 10.5. The van der Waals surface area contributed by atoms with Crippen molar-refractivity contribution in [3.8, 4) is 11.5 Å². The predicted molar refractivity (Wildman–Crippen MR) is 398 cm³/mol. The number of ether oxygens (including phenoxy) is 2. The van der Waals surface area contributed by atoms with Crippen molar-refractivity contribution in [3.05, 3.63) is 162 Å². The lowest BCUT2D eigenvalue weighted by Crippen LogP contribution is -2.16. The molecule has 0 saturated heterocycles. The molecular formula is C83H151NO2. The second-order valence-corrected chi connectivity index (χ2v) is 24.2. The fraction of sp³-hybridized carbons (Fsp3) is 0.651. The number of fused-ring (bicyclic) bond motifs is 3. The molecule has 0 radical (unpaired) electrons. The minimum atomic E-state index is 0. The maximum Gasteiger partial charge on any atom is 0.231 e. The highest BCUT2D eigenvalue weighted by Crippen LogP contribution is 2.39. The first-order valence-corrected chi connectivity index (χ1v) is 35.1. The van der Waals surface area contributed by atoms with Crippen LogP contribution in [0, 0.1) is 46.8 Å². The molecule has 2 fully saturated rings. The van der Waals surface area contributed by atoms with E-state index < -0.39 is 0 Å². The summed E-state index contributed by atoms with van der Waals surface area (Å²) in [6, 6.07) is 41.7. The summed E-state index contributed by atoms with van der Waals surface area (Å²) in [4.78, 5) is 3.78. The van der Waals surface area contributed by atoms with E-state index in [9.17, 15) is 0 Å². The molecule has 0 N–H and O–H groups in total.